The summed E-state index contributed by atoms with van der Waals surface area (Å²) >= 11 is 6.05. The average molecular weight is 363 g/mol. The zero-order valence-corrected chi connectivity index (χ0v) is 14.4. The summed E-state index contributed by atoms with van der Waals surface area (Å²) in [7, 11) is 0. The second kappa shape index (κ2) is 8.32. The number of ether oxygens (including phenoxy) is 1. The summed E-state index contributed by atoms with van der Waals surface area (Å²) in [4.78, 5) is 12.8. The van der Waals surface area contributed by atoms with Crippen LogP contribution in [0, 0.1) is 5.82 Å². The molecule has 132 valence electrons. The predicted molar refractivity (Wildman–Crippen MR) is 95.3 cm³/mol. The number of carbonyl (C=O) groups is 1. The van der Waals surface area contributed by atoms with Crippen LogP contribution < -0.4 is 15.4 Å². The number of hydrogen-bond acceptors (Lipinski definition) is 3. The van der Waals surface area contributed by atoms with Gasteiger partial charge in [-0.15, -0.1) is 0 Å². The summed E-state index contributed by atoms with van der Waals surface area (Å²) in [6.07, 6.45) is 0.911. The van der Waals surface area contributed by atoms with E-state index in [1.54, 1.807) is 0 Å². The lowest BCUT2D eigenvalue weighted by Crippen LogP contribution is -2.45. The third-order valence-electron chi connectivity index (χ3n) is 4.16. The van der Waals surface area contributed by atoms with Crippen LogP contribution in [0.5, 0.6) is 5.75 Å². The molecule has 1 unspecified atom stereocenters. The molecule has 2 N–H and O–H groups in total. The maximum Gasteiger partial charge on any atom is 0.266 e. The van der Waals surface area contributed by atoms with E-state index in [-0.39, 0.29) is 22.7 Å². The summed E-state index contributed by atoms with van der Waals surface area (Å²) in [5.74, 6) is -0.399. The second-order valence-corrected chi connectivity index (χ2v) is 6.42. The zero-order chi connectivity index (χ0) is 17.6. The Balaban J connectivity index is 1.80. The lowest BCUT2D eigenvalue weighted by atomic mass is 10.0. The first-order chi connectivity index (χ1) is 12.1. The van der Waals surface area contributed by atoms with Gasteiger partial charge in [0.05, 0.1) is 5.02 Å². The molecule has 0 aromatic heterocycles. The van der Waals surface area contributed by atoms with Crippen molar-refractivity contribution in [1.82, 2.24) is 10.6 Å². The number of rotatable bonds is 5. The highest BCUT2D eigenvalue weighted by Gasteiger charge is 2.26. The van der Waals surface area contributed by atoms with Crippen molar-refractivity contribution in [2.45, 2.75) is 25.0 Å². The minimum Gasteiger partial charge on any atom is -0.474 e. The van der Waals surface area contributed by atoms with Crippen molar-refractivity contribution in [3.63, 3.8) is 0 Å². The predicted octanol–water partition coefficient (Wildman–Crippen LogP) is 3.47. The van der Waals surface area contributed by atoms with Gasteiger partial charge in [-0.2, -0.15) is 0 Å². The van der Waals surface area contributed by atoms with Gasteiger partial charge in [-0.3, -0.25) is 4.79 Å². The largest absolute Gasteiger partial charge is 0.474 e. The average Bonchev–Trinajstić information content (AvgIpc) is 2.62. The van der Waals surface area contributed by atoms with Crippen LogP contribution in [-0.2, 0) is 4.79 Å². The Labute approximate surface area is 151 Å². The van der Waals surface area contributed by atoms with Gasteiger partial charge in [-0.05, 0) is 44.1 Å². The fraction of sp³-hybridized carbons (Fsp3) is 0.316. The minimum absolute atomic E-state index is 0.118. The van der Waals surface area contributed by atoms with Crippen LogP contribution in [0.4, 0.5) is 4.39 Å². The molecule has 6 heteroatoms. The van der Waals surface area contributed by atoms with Crippen molar-refractivity contribution in [1.29, 1.82) is 0 Å². The smallest absolute Gasteiger partial charge is 0.266 e. The van der Waals surface area contributed by atoms with Crippen molar-refractivity contribution in [3.05, 3.63) is 64.9 Å². The molecular weight excluding hydrogens is 343 g/mol. The maximum absolute atomic E-state index is 13.3. The Kier molecular flexibility index (Phi) is 5.89. The standard InChI is InChI=1S/C19H20ClFN2O2/c20-16-12-14(21)6-7-17(16)25-18(13-4-2-1-3-5-13)19(24)23-15-8-10-22-11-9-15/h1-7,12,15,18,22H,8-11H2,(H,23,24). The Morgan fingerprint density at radius 1 is 1.20 bits per heavy atom. The van der Waals surface area contributed by atoms with Gasteiger partial charge in [0.15, 0.2) is 0 Å². The molecule has 0 bridgehead atoms. The van der Waals surface area contributed by atoms with E-state index in [0.717, 1.165) is 25.9 Å². The van der Waals surface area contributed by atoms with Gasteiger partial charge in [0.2, 0.25) is 6.10 Å². The van der Waals surface area contributed by atoms with Gasteiger partial charge in [0.25, 0.3) is 5.91 Å². The second-order valence-electron chi connectivity index (χ2n) is 6.02. The van der Waals surface area contributed by atoms with E-state index in [1.807, 2.05) is 30.3 Å². The third-order valence-corrected chi connectivity index (χ3v) is 4.46. The Hall–Kier alpha value is -2.11. The molecule has 4 nitrogen and oxygen atoms in total. The molecule has 1 fully saturated rings. The molecule has 1 aliphatic rings. The number of nitrogens with one attached hydrogen (secondary N) is 2. The number of benzene rings is 2. The van der Waals surface area contributed by atoms with Gasteiger partial charge in [-0.25, -0.2) is 4.39 Å². The van der Waals surface area contributed by atoms with Crippen LogP contribution in [-0.4, -0.2) is 25.0 Å². The van der Waals surface area contributed by atoms with Crippen LogP contribution >= 0.6 is 11.6 Å². The summed E-state index contributed by atoms with van der Waals surface area (Å²) in [6, 6.07) is 13.2. The van der Waals surface area contributed by atoms with E-state index in [0.29, 0.717) is 5.56 Å². The van der Waals surface area contributed by atoms with E-state index in [2.05, 4.69) is 10.6 Å². The summed E-state index contributed by atoms with van der Waals surface area (Å²) in [5, 5.41) is 6.45. The number of halogens is 2. The summed E-state index contributed by atoms with van der Waals surface area (Å²) < 4.78 is 19.1. The highest BCUT2D eigenvalue weighted by Crippen LogP contribution is 2.30. The quantitative estimate of drug-likeness (QED) is 0.856. The normalized spacial score (nSPS) is 16.2. The third kappa shape index (κ3) is 4.71. The molecule has 25 heavy (non-hydrogen) atoms. The van der Waals surface area contributed by atoms with Crippen molar-refractivity contribution >= 4 is 17.5 Å². The molecule has 2 aromatic rings. The molecular formula is C19H20ClFN2O2. The van der Waals surface area contributed by atoms with Crippen molar-refractivity contribution < 1.29 is 13.9 Å². The van der Waals surface area contributed by atoms with E-state index in [9.17, 15) is 9.18 Å². The molecule has 0 saturated carbocycles. The van der Waals surface area contributed by atoms with Crippen LogP contribution in [0.1, 0.15) is 24.5 Å². The molecule has 1 saturated heterocycles. The summed E-state index contributed by atoms with van der Waals surface area (Å²) in [5.41, 5.74) is 0.717. The first-order valence-corrected chi connectivity index (χ1v) is 8.69. The minimum atomic E-state index is -0.848. The zero-order valence-electron chi connectivity index (χ0n) is 13.7. The highest BCUT2D eigenvalue weighted by molar-refractivity contribution is 6.32. The molecule has 0 radical (unpaired) electrons. The first-order valence-electron chi connectivity index (χ1n) is 8.31. The molecule has 1 heterocycles. The molecule has 1 atom stereocenters. The van der Waals surface area contributed by atoms with Gasteiger partial charge in [0.1, 0.15) is 11.6 Å². The van der Waals surface area contributed by atoms with Crippen molar-refractivity contribution in [2.75, 3.05) is 13.1 Å². The van der Waals surface area contributed by atoms with Crippen LogP contribution in [0.2, 0.25) is 5.02 Å². The highest BCUT2D eigenvalue weighted by atomic mass is 35.5. The van der Waals surface area contributed by atoms with Crippen molar-refractivity contribution in [3.8, 4) is 5.75 Å². The molecule has 1 aliphatic heterocycles. The van der Waals surface area contributed by atoms with Gasteiger partial charge >= 0.3 is 0 Å². The number of hydrogen-bond donors (Lipinski definition) is 2. The van der Waals surface area contributed by atoms with Crippen molar-refractivity contribution in [2.24, 2.45) is 0 Å². The first kappa shape index (κ1) is 17.7. The topological polar surface area (TPSA) is 50.4 Å². The lowest BCUT2D eigenvalue weighted by molar-refractivity contribution is -0.129. The lowest BCUT2D eigenvalue weighted by Gasteiger charge is -2.26. The van der Waals surface area contributed by atoms with Gasteiger partial charge < -0.3 is 15.4 Å². The monoisotopic (exact) mass is 362 g/mol. The fourth-order valence-electron chi connectivity index (χ4n) is 2.84. The molecule has 3 rings (SSSR count). The Bertz CT molecular complexity index is 721. The van der Waals surface area contributed by atoms with Crippen LogP contribution in [0.15, 0.2) is 48.5 Å². The van der Waals surface area contributed by atoms with E-state index in [1.165, 1.54) is 18.2 Å². The Morgan fingerprint density at radius 3 is 2.60 bits per heavy atom. The molecule has 1 amide bonds. The Morgan fingerprint density at radius 2 is 1.92 bits per heavy atom. The maximum atomic E-state index is 13.3. The SMILES string of the molecule is O=C(NC1CCNCC1)C(Oc1ccc(F)cc1Cl)c1ccccc1. The number of carbonyl (C=O) groups excluding carboxylic acids is 1. The van der Waals surface area contributed by atoms with Gasteiger partial charge in [0, 0.05) is 11.6 Å². The molecule has 0 spiro atoms. The molecule has 2 aromatic carbocycles. The van der Waals surface area contributed by atoms with E-state index in [4.69, 9.17) is 16.3 Å². The summed E-state index contributed by atoms with van der Waals surface area (Å²) in [6.45, 7) is 1.76. The molecule has 0 aliphatic carbocycles. The number of amides is 1. The van der Waals surface area contributed by atoms with E-state index < -0.39 is 11.9 Å². The van der Waals surface area contributed by atoms with Crippen LogP contribution in [0.25, 0.3) is 0 Å². The van der Waals surface area contributed by atoms with Crippen LogP contribution in [0.3, 0.4) is 0 Å². The number of piperidine rings is 1. The van der Waals surface area contributed by atoms with E-state index >= 15 is 0 Å². The van der Waals surface area contributed by atoms with Gasteiger partial charge in [-0.1, -0.05) is 41.9 Å². The fourth-order valence-corrected chi connectivity index (χ4v) is 3.05.